The topological polar surface area (TPSA) is 79.9 Å². The van der Waals surface area contributed by atoms with E-state index in [-0.39, 0.29) is 29.3 Å². The van der Waals surface area contributed by atoms with Crippen molar-refractivity contribution in [2.75, 3.05) is 31.6 Å². The molecule has 1 saturated heterocycles. The number of nitrogens with zero attached hydrogens (tertiary/aromatic N) is 1. The molecule has 0 atom stereocenters. The van der Waals surface area contributed by atoms with E-state index in [1.54, 1.807) is 5.01 Å². The maximum Gasteiger partial charge on any atom is 0.261 e. The molecule has 170 valence electrons. The summed E-state index contributed by atoms with van der Waals surface area (Å²) in [4.78, 5) is 25.8. The Balaban J connectivity index is 1.76. The van der Waals surface area contributed by atoms with Crippen LogP contribution in [0.25, 0.3) is 0 Å². The minimum atomic E-state index is -0.637. The summed E-state index contributed by atoms with van der Waals surface area (Å²) in [5.74, 6) is -1.39. The minimum absolute atomic E-state index is 0.0147. The fourth-order valence-corrected chi connectivity index (χ4v) is 3.75. The summed E-state index contributed by atoms with van der Waals surface area (Å²) >= 11 is 6.12. The van der Waals surface area contributed by atoms with Crippen molar-refractivity contribution in [3.8, 4) is 0 Å². The van der Waals surface area contributed by atoms with E-state index in [2.05, 4.69) is 10.7 Å². The Labute approximate surface area is 186 Å². The van der Waals surface area contributed by atoms with E-state index in [1.165, 1.54) is 6.07 Å². The monoisotopic (exact) mass is 453 g/mol. The second kappa shape index (κ2) is 11.0. The van der Waals surface area contributed by atoms with Gasteiger partial charge < -0.3 is 14.8 Å². The lowest BCUT2D eigenvalue weighted by atomic mass is 9.90. The van der Waals surface area contributed by atoms with Gasteiger partial charge in [0.05, 0.1) is 31.6 Å². The quantitative estimate of drug-likeness (QED) is 0.659. The molecule has 2 aliphatic rings. The van der Waals surface area contributed by atoms with Crippen molar-refractivity contribution >= 4 is 29.1 Å². The van der Waals surface area contributed by atoms with Crippen LogP contribution in [-0.4, -0.2) is 49.2 Å². The molecular weight excluding hydrogens is 425 g/mol. The number of halogens is 2. The number of carbonyl (C=O) groups is 2. The highest BCUT2D eigenvalue weighted by Gasteiger charge is 2.26. The second-order valence-electron chi connectivity index (χ2n) is 7.94. The van der Waals surface area contributed by atoms with Crippen molar-refractivity contribution in [1.82, 2.24) is 10.4 Å². The van der Waals surface area contributed by atoms with E-state index in [1.807, 2.05) is 13.8 Å². The molecule has 1 aromatic carbocycles. The molecule has 0 saturated carbocycles. The first-order chi connectivity index (χ1) is 14.8. The van der Waals surface area contributed by atoms with Gasteiger partial charge >= 0.3 is 0 Å². The summed E-state index contributed by atoms with van der Waals surface area (Å²) in [7, 11) is 0. The van der Waals surface area contributed by atoms with Crippen LogP contribution in [0.1, 0.15) is 45.1 Å². The molecule has 7 nitrogen and oxygen atoms in total. The molecule has 9 heteroatoms. The number of hydrogen-bond acceptors (Lipinski definition) is 5. The maximum absolute atomic E-state index is 14.5. The van der Waals surface area contributed by atoms with Crippen LogP contribution in [0.4, 0.5) is 10.1 Å². The van der Waals surface area contributed by atoms with Gasteiger partial charge in [0.1, 0.15) is 5.82 Å². The van der Waals surface area contributed by atoms with Crippen LogP contribution < -0.4 is 10.7 Å². The molecular formula is C22H29ClFN3O4. The highest BCUT2D eigenvalue weighted by atomic mass is 35.5. The van der Waals surface area contributed by atoms with Crippen LogP contribution in [0.5, 0.6) is 0 Å². The summed E-state index contributed by atoms with van der Waals surface area (Å²) in [5, 5.41) is 4.65. The van der Waals surface area contributed by atoms with Crippen molar-refractivity contribution in [3.63, 3.8) is 0 Å². The molecule has 31 heavy (non-hydrogen) atoms. The molecule has 0 unspecified atom stereocenters. The number of anilines is 1. The van der Waals surface area contributed by atoms with Crippen molar-refractivity contribution in [1.29, 1.82) is 0 Å². The highest BCUT2D eigenvalue weighted by Crippen LogP contribution is 2.29. The van der Waals surface area contributed by atoms with Crippen LogP contribution in [0.15, 0.2) is 23.3 Å². The first kappa shape index (κ1) is 23.7. The van der Waals surface area contributed by atoms with E-state index in [0.29, 0.717) is 55.9 Å². The molecule has 1 heterocycles. The number of benzene rings is 1. The Hall–Kier alpha value is -2.00. The largest absolute Gasteiger partial charge is 0.379 e. The third-order valence-corrected chi connectivity index (χ3v) is 5.60. The Bertz CT molecular complexity index is 853. The smallest absolute Gasteiger partial charge is 0.261 e. The van der Waals surface area contributed by atoms with Crippen molar-refractivity contribution in [2.24, 2.45) is 0 Å². The third kappa shape index (κ3) is 6.49. The zero-order chi connectivity index (χ0) is 22.4. The molecule has 2 N–H and O–H groups in total. The molecule has 0 spiro atoms. The van der Waals surface area contributed by atoms with Crippen LogP contribution in [0.3, 0.4) is 0 Å². The van der Waals surface area contributed by atoms with Crippen LogP contribution in [0, 0.1) is 5.82 Å². The lowest BCUT2D eigenvalue weighted by molar-refractivity contribution is -0.125. The fraction of sp³-hybridized carbons (Fsp3) is 0.545. The number of carbonyl (C=O) groups excluding carboxylic acids is 2. The molecule has 1 fully saturated rings. The van der Waals surface area contributed by atoms with E-state index >= 15 is 0 Å². The zero-order valence-corrected chi connectivity index (χ0v) is 18.7. The number of hydrogen-bond donors (Lipinski definition) is 2. The van der Waals surface area contributed by atoms with Gasteiger partial charge in [-0.05, 0) is 57.2 Å². The van der Waals surface area contributed by atoms with E-state index in [0.717, 1.165) is 18.9 Å². The summed E-state index contributed by atoms with van der Waals surface area (Å²) in [6.45, 7) is 6.26. The van der Waals surface area contributed by atoms with E-state index in [9.17, 15) is 14.0 Å². The van der Waals surface area contributed by atoms with Crippen LogP contribution >= 0.6 is 11.6 Å². The Kier molecular flexibility index (Phi) is 8.43. The van der Waals surface area contributed by atoms with Crippen molar-refractivity contribution in [2.45, 2.75) is 52.2 Å². The number of rotatable bonds is 7. The summed E-state index contributed by atoms with van der Waals surface area (Å²) < 4.78 is 25.3. The van der Waals surface area contributed by atoms with Gasteiger partial charge in [0.2, 0.25) is 0 Å². The third-order valence-electron chi connectivity index (χ3n) is 5.24. The Morgan fingerprint density at radius 2 is 1.81 bits per heavy atom. The van der Waals surface area contributed by atoms with Gasteiger partial charge in [-0.3, -0.25) is 15.0 Å². The Morgan fingerprint density at radius 1 is 1.16 bits per heavy atom. The predicted molar refractivity (Wildman–Crippen MR) is 116 cm³/mol. The SMILES string of the molecule is CC(C)OCc1cc(NC(=O)C2=C(C(=O)NN3CCOCC3)CCCC2)c(F)cc1Cl. The molecule has 3 rings (SSSR count). The van der Waals surface area contributed by atoms with Gasteiger partial charge in [-0.2, -0.15) is 0 Å². The lowest BCUT2D eigenvalue weighted by Crippen LogP contribution is -2.49. The van der Waals surface area contributed by atoms with Crippen molar-refractivity contribution < 1.29 is 23.5 Å². The van der Waals surface area contributed by atoms with Gasteiger partial charge in [-0.25, -0.2) is 9.40 Å². The van der Waals surface area contributed by atoms with Gasteiger partial charge in [0.25, 0.3) is 11.8 Å². The van der Waals surface area contributed by atoms with Gasteiger partial charge in [-0.15, -0.1) is 0 Å². The average molecular weight is 454 g/mol. The summed E-state index contributed by atoms with van der Waals surface area (Å²) in [5.41, 5.74) is 4.30. The van der Waals surface area contributed by atoms with Crippen molar-refractivity contribution in [3.05, 3.63) is 39.7 Å². The molecule has 1 aromatic rings. The van der Waals surface area contributed by atoms with Gasteiger partial charge in [0, 0.05) is 29.3 Å². The number of amides is 2. The summed E-state index contributed by atoms with van der Waals surface area (Å²) in [6.07, 6.45) is 2.59. The van der Waals surface area contributed by atoms with Gasteiger partial charge in [-0.1, -0.05) is 11.6 Å². The maximum atomic E-state index is 14.5. The molecule has 1 aliphatic carbocycles. The zero-order valence-electron chi connectivity index (χ0n) is 17.9. The fourth-order valence-electron chi connectivity index (χ4n) is 3.55. The second-order valence-corrected chi connectivity index (χ2v) is 8.35. The first-order valence-electron chi connectivity index (χ1n) is 10.6. The number of nitrogens with one attached hydrogen (secondary N) is 2. The van der Waals surface area contributed by atoms with Gasteiger partial charge in [0.15, 0.2) is 0 Å². The summed E-state index contributed by atoms with van der Waals surface area (Å²) in [6, 6.07) is 2.65. The van der Waals surface area contributed by atoms with E-state index in [4.69, 9.17) is 21.1 Å². The molecule has 2 amide bonds. The normalized spacial score (nSPS) is 17.7. The number of hydrazine groups is 1. The van der Waals surface area contributed by atoms with Crippen LogP contribution in [-0.2, 0) is 25.7 Å². The molecule has 0 radical (unpaired) electrons. The van der Waals surface area contributed by atoms with E-state index < -0.39 is 11.7 Å². The van der Waals surface area contributed by atoms with Crippen LogP contribution in [0.2, 0.25) is 5.02 Å². The number of morpholine rings is 1. The minimum Gasteiger partial charge on any atom is -0.379 e. The first-order valence-corrected chi connectivity index (χ1v) is 11.0. The lowest BCUT2D eigenvalue weighted by Gasteiger charge is -2.28. The highest BCUT2D eigenvalue weighted by molar-refractivity contribution is 6.31. The Morgan fingerprint density at radius 3 is 2.45 bits per heavy atom. The molecule has 0 bridgehead atoms. The standard InChI is InChI=1S/C22H29ClFN3O4/c1-14(2)31-13-15-11-20(19(24)12-18(15)23)25-21(28)16-5-3-4-6-17(16)22(29)26-27-7-9-30-10-8-27/h11-12,14H,3-10,13H2,1-2H3,(H,25,28)(H,26,29). The number of ether oxygens (including phenoxy) is 2. The molecule has 1 aliphatic heterocycles. The average Bonchev–Trinajstić information content (AvgIpc) is 2.75. The predicted octanol–water partition coefficient (Wildman–Crippen LogP) is 3.58. The molecule has 0 aromatic heterocycles.